The molecule has 1 aliphatic heterocycles. The quantitative estimate of drug-likeness (QED) is 0.418. The highest BCUT2D eigenvalue weighted by atomic mass is 35.5. The first kappa shape index (κ1) is 22.6. The molecule has 0 bridgehead atoms. The van der Waals surface area contributed by atoms with Crippen molar-refractivity contribution in [3.05, 3.63) is 64.2 Å². The summed E-state index contributed by atoms with van der Waals surface area (Å²) in [5, 5.41) is 4.38. The third-order valence-electron chi connectivity index (χ3n) is 4.10. The average Bonchev–Trinajstić information content (AvgIpc) is 2.84. The minimum absolute atomic E-state index is 0.0551. The summed E-state index contributed by atoms with van der Waals surface area (Å²) in [7, 11) is 0. The zero-order valence-electron chi connectivity index (χ0n) is 17.5. The number of fused-ring (bicyclic) bond motifs is 1. The largest absolute Gasteiger partial charge is 0.455 e. The fourth-order valence-corrected chi connectivity index (χ4v) is 2.93. The van der Waals surface area contributed by atoms with E-state index in [-0.39, 0.29) is 29.4 Å². The van der Waals surface area contributed by atoms with Crippen molar-refractivity contribution in [2.75, 3.05) is 6.54 Å². The Labute approximate surface area is 183 Å². The first-order chi connectivity index (χ1) is 14.5. The molecule has 0 saturated carbocycles. The Bertz CT molecular complexity index is 1100. The Morgan fingerprint density at radius 2 is 1.87 bits per heavy atom. The number of amidine groups is 1. The van der Waals surface area contributed by atoms with Gasteiger partial charge in [0, 0.05) is 10.6 Å². The fraction of sp³-hybridized carbons (Fsp3) is 0.273. The Hall–Kier alpha value is -3.13. The molecule has 0 fully saturated rings. The number of hydrogen-bond acceptors (Lipinski definition) is 6. The highest BCUT2D eigenvalue weighted by molar-refractivity contribution is 6.35. The van der Waals surface area contributed by atoms with Gasteiger partial charge in [-0.05, 0) is 58.0 Å². The summed E-state index contributed by atoms with van der Waals surface area (Å²) in [5.41, 5.74) is 2.71. The standard InChI is InChI=1S/C22H21ClF2N4O2/c1-12(21(30)31-22(2,3)4)28-29-18-11-26-20(19-15(24)6-5-7-16(19)25)14-10-13(23)8-9-17(14)27-18/h5-10H,11H2,1-4H3,(H,27,29). The first-order valence-electron chi connectivity index (χ1n) is 9.45. The van der Waals surface area contributed by atoms with Crippen LogP contribution in [-0.4, -0.2) is 35.4 Å². The summed E-state index contributed by atoms with van der Waals surface area (Å²) >= 11 is 6.11. The molecule has 0 aromatic heterocycles. The molecule has 1 N–H and O–H groups in total. The summed E-state index contributed by atoms with van der Waals surface area (Å²) < 4.78 is 34.2. The number of hydrazone groups is 1. The van der Waals surface area contributed by atoms with Crippen LogP contribution in [0.2, 0.25) is 5.02 Å². The number of benzene rings is 2. The first-order valence-corrected chi connectivity index (χ1v) is 9.83. The normalized spacial score (nSPS) is 14.2. The molecule has 0 unspecified atom stereocenters. The van der Waals surface area contributed by atoms with Gasteiger partial charge in [-0.15, -0.1) is 0 Å². The van der Waals surface area contributed by atoms with Crippen molar-refractivity contribution in [3.8, 4) is 0 Å². The third kappa shape index (κ3) is 5.52. The maximum atomic E-state index is 14.5. The maximum Gasteiger partial charge on any atom is 0.354 e. The Kier molecular flexibility index (Phi) is 6.50. The highest BCUT2D eigenvalue weighted by Crippen LogP contribution is 2.30. The lowest BCUT2D eigenvalue weighted by Crippen LogP contribution is -2.30. The number of esters is 1. The van der Waals surface area contributed by atoms with Crippen molar-refractivity contribution < 1.29 is 18.3 Å². The SMILES string of the molecule is CC(=NNC1=Nc2ccc(Cl)cc2C(c2c(F)cccc2F)=NC1)C(=O)OC(C)(C)C. The number of halogens is 3. The van der Waals surface area contributed by atoms with E-state index in [1.807, 2.05) is 0 Å². The van der Waals surface area contributed by atoms with E-state index < -0.39 is 23.2 Å². The van der Waals surface area contributed by atoms with Gasteiger partial charge in [0.05, 0.1) is 23.5 Å². The van der Waals surface area contributed by atoms with Gasteiger partial charge in [0.1, 0.15) is 28.8 Å². The van der Waals surface area contributed by atoms with E-state index >= 15 is 0 Å². The van der Waals surface area contributed by atoms with Crippen molar-refractivity contribution in [3.63, 3.8) is 0 Å². The van der Waals surface area contributed by atoms with E-state index in [1.165, 1.54) is 13.0 Å². The fourth-order valence-electron chi connectivity index (χ4n) is 2.76. The molecule has 0 spiro atoms. The smallest absolute Gasteiger partial charge is 0.354 e. The number of aliphatic imine (C=N–C) groups is 2. The minimum atomic E-state index is -0.750. The van der Waals surface area contributed by atoms with Crippen LogP contribution in [-0.2, 0) is 9.53 Å². The van der Waals surface area contributed by atoms with E-state index in [0.717, 1.165) is 12.1 Å². The molecule has 1 aliphatic rings. The molecule has 0 amide bonds. The van der Waals surface area contributed by atoms with Crippen LogP contribution in [0.1, 0.15) is 38.8 Å². The number of hydrogen-bond donors (Lipinski definition) is 1. The topological polar surface area (TPSA) is 75.4 Å². The number of nitrogens with zero attached hydrogens (tertiary/aromatic N) is 3. The van der Waals surface area contributed by atoms with Crippen LogP contribution in [0.5, 0.6) is 0 Å². The van der Waals surface area contributed by atoms with Crippen LogP contribution in [0, 0.1) is 11.6 Å². The van der Waals surface area contributed by atoms with Gasteiger partial charge in [0.15, 0.2) is 0 Å². The van der Waals surface area contributed by atoms with Gasteiger partial charge < -0.3 is 4.74 Å². The molecule has 0 saturated heterocycles. The second kappa shape index (κ2) is 8.93. The third-order valence-corrected chi connectivity index (χ3v) is 4.34. The summed E-state index contributed by atoms with van der Waals surface area (Å²) in [5.74, 6) is -1.81. The molecule has 0 aliphatic carbocycles. The van der Waals surface area contributed by atoms with E-state index in [9.17, 15) is 13.6 Å². The van der Waals surface area contributed by atoms with E-state index in [2.05, 4.69) is 20.5 Å². The molecule has 2 aromatic carbocycles. The average molecular weight is 447 g/mol. The van der Waals surface area contributed by atoms with Gasteiger partial charge in [-0.2, -0.15) is 5.10 Å². The van der Waals surface area contributed by atoms with Crippen LogP contribution in [0.4, 0.5) is 14.5 Å². The lowest BCUT2D eigenvalue weighted by atomic mass is 9.99. The molecule has 31 heavy (non-hydrogen) atoms. The van der Waals surface area contributed by atoms with Crippen LogP contribution in [0.3, 0.4) is 0 Å². The molecule has 3 rings (SSSR count). The molecule has 0 atom stereocenters. The monoisotopic (exact) mass is 446 g/mol. The lowest BCUT2D eigenvalue weighted by Gasteiger charge is -2.19. The van der Waals surface area contributed by atoms with Crippen molar-refractivity contribution in [1.29, 1.82) is 0 Å². The number of rotatable bonds is 3. The Morgan fingerprint density at radius 1 is 1.19 bits per heavy atom. The van der Waals surface area contributed by atoms with Gasteiger partial charge in [0.25, 0.3) is 0 Å². The molecule has 0 radical (unpaired) electrons. The summed E-state index contributed by atoms with van der Waals surface area (Å²) in [6, 6.07) is 8.36. The summed E-state index contributed by atoms with van der Waals surface area (Å²) in [6.45, 7) is 6.69. The second-order valence-electron chi connectivity index (χ2n) is 7.79. The van der Waals surface area contributed by atoms with Crippen LogP contribution >= 0.6 is 11.6 Å². The van der Waals surface area contributed by atoms with E-state index in [4.69, 9.17) is 16.3 Å². The second-order valence-corrected chi connectivity index (χ2v) is 8.23. The zero-order chi connectivity index (χ0) is 22.8. The number of ether oxygens (including phenoxy) is 1. The van der Waals surface area contributed by atoms with Crippen LogP contribution < -0.4 is 5.43 Å². The van der Waals surface area contributed by atoms with Crippen molar-refractivity contribution >= 4 is 40.5 Å². The van der Waals surface area contributed by atoms with Crippen LogP contribution in [0.25, 0.3) is 0 Å². The van der Waals surface area contributed by atoms with Crippen molar-refractivity contribution in [2.24, 2.45) is 15.1 Å². The maximum absolute atomic E-state index is 14.5. The number of carbonyl (C=O) groups excluding carboxylic acids is 1. The van der Waals surface area contributed by atoms with E-state index in [0.29, 0.717) is 16.3 Å². The number of nitrogens with one attached hydrogen (secondary N) is 1. The highest BCUT2D eigenvalue weighted by Gasteiger charge is 2.23. The molecule has 6 nitrogen and oxygen atoms in total. The zero-order valence-corrected chi connectivity index (χ0v) is 18.2. The predicted molar refractivity (Wildman–Crippen MR) is 118 cm³/mol. The molecule has 1 heterocycles. The van der Waals surface area contributed by atoms with Gasteiger partial charge in [0.2, 0.25) is 0 Å². The van der Waals surface area contributed by atoms with Crippen molar-refractivity contribution in [2.45, 2.75) is 33.3 Å². The van der Waals surface area contributed by atoms with Gasteiger partial charge >= 0.3 is 5.97 Å². The summed E-state index contributed by atoms with van der Waals surface area (Å²) in [4.78, 5) is 20.9. The Balaban J connectivity index is 1.97. The molecular formula is C22H21ClF2N4O2. The molecule has 9 heteroatoms. The lowest BCUT2D eigenvalue weighted by molar-refractivity contribution is -0.146. The van der Waals surface area contributed by atoms with Gasteiger partial charge in [-0.25, -0.2) is 18.6 Å². The molecule has 162 valence electrons. The van der Waals surface area contributed by atoms with Gasteiger partial charge in [-0.1, -0.05) is 17.7 Å². The van der Waals surface area contributed by atoms with Crippen LogP contribution in [0.15, 0.2) is 51.5 Å². The molecule has 2 aromatic rings. The number of carbonyl (C=O) groups is 1. The predicted octanol–water partition coefficient (Wildman–Crippen LogP) is 4.81. The van der Waals surface area contributed by atoms with E-state index in [1.54, 1.807) is 39.0 Å². The minimum Gasteiger partial charge on any atom is -0.455 e. The molecular weight excluding hydrogens is 426 g/mol. The Morgan fingerprint density at radius 3 is 2.52 bits per heavy atom. The summed E-state index contributed by atoms with van der Waals surface area (Å²) in [6.07, 6.45) is 0. The van der Waals surface area contributed by atoms with Gasteiger partial charge in [-0.3, -0.25) is 10.4 Å². The van der Waals surface area contributed by atoms with Crippen molar-refractivity contribution in [1.82, 2.24) is 5.43 Å².